The quantitative estimate of drug-likeness (QED) is 0.827. The average molecular weight is 318 g/mol. The van der Waals surface area contributed by atoms with Crippen LogP contribution in [0.2, 0.25) is 0 Å². The molecule has 3 rings (SSSR count). The summed E-state index contributed by atoms with van der Waals surface area (Å²) in [6.07, 6.45) is 1.83. The van der Waals surface area contributed by atoms with E-state index in [2.05, 4.69) is 28.6 Å². The zero-order chi connectivity index (χ0) is 16.3. The summed E-state index contributed by atoms with van der Waals surface area (Å²) in [5, 5.41) is 0. The summed E-state index contributed by atoms with van der Waals surface area (Å²) >= 11 is 0. The van der Waals surface area contributed by atoms with E-state index in [0.717, 1.165) is 32.0 Å². The molecule has 1 aromatic heterocycles. The number of aromatic nitrogens is 1. The molecular weight excluding hydrogens is 292 g/mol. The van der Waals surface area contributed by atoms with E-state index in [9.17, 15) is 4.79 Å². The second kappa shape index (κ2) is 6.84. The molecule has 2 aliphatic rings. The molecule has 6 heteroatoms. The highest BCUT2D eigenvalue weighted by atomic mass is 16.5. The third-order valence-corrected chi connectivity index (χ3v) is 4.65. The van der Waals surface area contributed by atoms with Gasteiger partial charge in [0, 0.05) is 38.9 Å². The van der Waals surface area contributed by atoms with Gasteiger partial charge in [-0.15, -0.1) is 0 Å². The highest BCUT2D eigenvalue weighted by Crippen LogP contribution is 2.20. The van der Waals surface area contributed by atoms with Crippen LogP contribution >= 0.6 is 0 Å². The first kappa shape index (κ1) is 16.2. The summed E-state index contributed by atoms with van der Waals surface area (Å²) in [4.78, 5) is 23.5. The van der Waals surface area contributed by atoms with Crippen LogP contribution in [0, 0.1) is 0 Å². The number of ether oxygens (including phenoxy) is 1. The fourth-order valence-corrected chi connectivity index (χ4v) is 3.27. The van der Waals surface area contributed by atoms with E-state index in [0.29, 0.717) is 26.3 Å². The minimum Gasteiger partial charge on any atom is -0.377 e. The van der Waals surface area contributed by atoms with Crippen molar-refractivity contribution in [2.24, 2.45) is 0 Å². The van der Waals surface area contributed by atoms with Crippen molar-refractivity contribution >= 4 is 11.7 Å². The Morgan fingerprint density at radius 3 is 2.65 bits per heavy atom. The van der Waals surface area contributed by atoms with Gasteiger partial charge in [0.15, 0.2) is 0 Å². The Labute approximate surface area is 138 Å². The number of carbonyl (C=O) groups is 1. The molecule has 0 unspecified atom stereocenters. The van der Waals surface area contributed by atoms with E-state index < -0.39 is 0 Å². The standard InChI is InChI=1S/C17H26N4O2/c1-17(2)14-23-12-11-21(17)16(22)13-19-7-9-20(10-8-19)15-5-3-4-6-18-15/h3-6H,7-14H2,1-2H3. The van der Waals surface area contributed by atoms with E-state index in [-0.39, 0.29) is 11.4 Å². The maximum Gasteiger partial charge on any atom is 0.237 e. The van der Waals surface area contributed by atoms with Crippen molar-refractivity contribution in [2.75, 3.05) is 57.4 Å². The van der Waals surface area contributed by atoms with Gasteiger partial charge in [0.25, 0.3) is 0 Å². The van der Waals surface area contributed by atoms with Crippen LogP contribution in [0.5, 0.6) is 0 Å². The lowest BCUT2D eigenvalue weighted by molar-refractivity contribution is -0.147. The predicted molar refractivity (Wildman–Crippen MR) is 89.5 cm³/mol. The molecular formula is C17H26N4O2. The molecule has 0 radical (unpaired) electrons. The van der Waals surface area contributed by atoms with Crippen LogP contribution in [0.15, 0.2) is 24.4 Å². The van der Waals surface area contributed by atoms with Crippen LogP contribution in [0.1, 0.15) is 13.8 Å². The molecule has 0 aliphatic carbocycles. The number of anilines is 1. The second-order valence-corrected chi connectivity index (χ2v) is 6.86. The summed E-state index contributed by atoms with van der Waals surface area (Å²) in [6, 6.07) is 5.98. The zero-order valence-corrected chi connectivity index (χ0v) is 14.1. The maximum absolute atomic E-state index is 12.6. The molecule has 0 N–H and O–H groups in total. The van der Waals surface area contributed by atoms with Crippen LogP contribution in [0.25, 0.3) is 0 Å². The van der Waals surface area contributed by atoms with Crippen molar-refractivity contribution < 1.29 is 9.53 Å². The number of carbonyl (C=O) groups excluding carboxylic acids is 1. The molecule has 6 nitrogen and oxygen atoms in total. The first-order chi connectivity index (χ1) is 11.1. The molecule has 0 atom stereocenters. The Morgan fingerprint density at radius 2 is 2.00 bits per heavy atom. The topological polar surface area (TPSA) is 48.9 Å². The van der Waals surface area contributed by atoms with Crippen molar-refractivity contribution in [2.45, 2.75) is 19.4 Å². The van der Waals surface area contributed by atoms with E-state index in [1.165, 1.54) is 0 Å². The summed E-state index contributed by atoms with van der Waals surface area (Å²) in [5.41, 5.74) is -0.203. The van der Waals surface area contributed by atoms with Gasteiger partial charge in [0.05, 0.1) is 25.3 Å². The number of hydrogen-bond acceptors (Lipinski definition) is 5. The van der Waals surface area contributed by atoms with E-state index >= 15 is 0 Å². The molecule has 0 aromatic carbocycles. The SMILES string of the molecule is CC1(C)COCCN1C(=O)CN1CCN(c2ccccn2)CC1. The van der Waals surface area contributed by atoms with Crippen molar-refractivity contribution in [3.05, 3.63) is 24.4 Å². The van der Waals surface area contributed by atoms with E-state index in [1.54, 1.807) is 0 Å². The molecule has 126 valence electrons. The third-order valence-electron chi connectivity index (χ3n) is 4.65. The smallest absolute Gasteiger partial charge is 0.237 e. The van der Waals surface area contributed by atoms with Crippen LogP contribution < -0.4 is 4.90 Å². The van der Waals surface area contributed by atoms with Gasteiger partial charge in [-0.2, -0.15) is 0 Å². The Morgan fingerprint density at radius 1 is 1.22 bits per heavy atom. The van der Waals surface area contributed by atoms with Crippen molar-refractivity contribution in [1.82, 2.24) is 14.8 Å². The fraction of sp³-hybridized carbons (Fsp3) is 0.647. The molecule has 1 aromatic rings. The fourth-order valence-electron chi connectivity index (χ4n) is 3.27. The molecule has 23 heavy (non-hydrogen) atoms. The van der Waals surface area contributed by atoms with Crippen molar-refractivity contribution in [3.63, 3.8) is 0 Å². The lowest BCUT2D eigenvalue weighted by Crippen LogP contribution is -2.58. The van der Waals surface area contributed by atoms with Gasteiger partial charge in [0.1, 0.15) is 5.82 Å². The van der Waals surface area contributed by atoms with Crippen LogP contribution in [0.3, 0.4) is 0 Å². The highest BCUT2D eigenvalue weighted by Gasteiger charge is 2.34. The normalized spacial score (nSPS) is 22.2. The lowest BCUT2D eigenvalue weighted by atomic mass is 10.0. The molecule has 2 saturated heterocycles. The van der Waals surface area contributed by atoms with Gasteiger partial charge in [-0.3, -0.25) is 9.69 Å². The number of morpholine rings is 1. The number of piperazine rings is 1. The molecule has 2 aliphatic heterocycles. The van der Waals surface area contributed by atoms with Crippen molar-refractivity contribution in [1.29, 1.82) is 0 Å². The molecule has 0 spiro atoms. The lowest BCUT2D eigenvalue weighted by Gasteiger charge is -2.43. The van der Waals surface area contributed by atoms with Gasteiger partial charge in [-0.25, -0.2) is 4.98 Å². The molecule has 3 heterocycles. The minimum absolute atomic E-state index is 0.203. The summed E-state index contributed by atoms with van der Waals surface area (Å²) in [5.74, 6) is 1.23. The summed E-state index contributed by atoms with van der Waals surface area (Å²) in [6.45, 7) is 10.2. The van der Waals surface area contributed by atoms with Crippen LogP contribution in [-0.2, 0) is 9.53 Å². The van der Waals surface area contributed by atoms with Gasteiger partial charge >= 0.3 is 0 Å². The number of nitrogens with zero attached hydrogens (tertiary/aromatic N) is 4. The molecule has 2 fully saturated rings. The molecule has 0 saturated carbocycles. The average Bonchev–Trinajstić information content (AvgIpc) is 2.56. The van der Waals surface area contributed by atoms with Gasteiger partial charge in [-0.05, 0) is 26.0 Å². The Bertz CT molecular complexity index is 527. The molecule has 0 bridgehead atoms. The van der Waals surface area contributed by atoms with E-state index in [4.69, 9.17) is 4.74 Å². The Balaban J connectivity index is 1.51. The van der Waals surface area contributed by atoms with Crippen LogP contribution in [0.4, 0.5) is 5.82 Å². The summed E-state index contributed by atoms with van der Waals surface area (Å²) in [7, 11) is 0. The minimum atomic E-state index is -0.203. The number of hydrogen-bond donors (Lipinski definition) is 0. The van der Waals surface area contributed by atoms with E-state index in [1.807, 2.05) is 29.3 Å². The van der Waals surface area contributed by atoms with Gasteiger partial charge in [0.2, 0.25) is 5.91 Å². The zero-order valence-electron chi connectivity index (χ0n) is 14.1. The predicted octanol–water partition coefficient (Wildman–Crippen LogP) is 0.841. The Hall–Kier alpha value is -1.66. The maximum atomic E-state index is 12.6. The highest BCUT2D eigenvalue weighted by molar-refractivity contribution is 5.79. The first-order valence-electron chi connectivity index (χ1n) is 8.33. The largest absolute Gasteiger partial charge is 0.377 e. The number of amides is 1. The molecule has 1 amide bonds. The summed E-state index contributed by atoms with van der Waals surface area (Å²) < 4.78 is 5.50. The van der Waals surface area contributed by atoms with Crippen LogP contribution in [-0.4, -0.2) is 78.7 Å². The van der Waals surface area contributed by atoms with Crippen molar-refractivity contribution in [3.8, 4) is 0 Å². The number of rotatable bonds is 3. The monoisotopic (exact) mass is 318 g/mol. The van der Waals surface area contributed by atoms with Gasteiger partial charge in [-0.1, -0.05) is 6.07 Å². The van der Waals surface area contributed by atoms with Gasteiger partial charge < -0.3 is 14.5 Å². The first-order valence-corrected chi connectivity index (χ1v) is 8.33. The number of pyridine rings is 1. The third kappa shape index (κ3) is 3.82. The second-order valence-electron chi connectivity index (χ2n) is 6.86. The Kier molecular flexibility index (Phi) is 4.82.